The lowest BCUT2D eigenvalue weighted by molar-refractivity contribution is -0.438. The van der Waals surface area contributed by atoms with E-state index < -0.39 is 10.1 Å². The Labute approximate surface area is 338 Å². The van der Waals surface area contributed by atoms with Crippen molar-refractivity contribution in [3.63, 3.8) is 0 Å². The molecule has 0 N–H and O–H groups in total. The molecular formula is C44H50Br2N2O3S2. The van der Waals surface area contributed by atoms with Crippen LogP contribution < -0.4 is 4.90 Å². The predicted octanol–water partition coefficient (Wildman–Crippen LogP) is 12.1. The summed E-state index contributed by atoms with van der Waals surface area (Å²) in [4.78, 5) is 4.85. The van der Waals surface area contributed by atoms with Crippen LogP contribution in [0.1, 0.15) is 90.7 Å². The number of thioether (sulfide) groups is 1. The molecule has 0 aromatic heterocycles. The second-order valence-electron chi connectivity index (χ2n) is 15.3. The van der Waals surface area contributed by atoms with Crippen LogP contribution in [-0.2, 0) is 20.9 Å². The third kappa shape index (κ3) is 8.91. The van der Waals surface area contributed by atoms with Crippen LogP contribution in [-0.4, -0.2) is 42.1 Å². The standard InChI is InChI=1S/C44H50Br2N2O3S2/c1-6-7-11-26-47-38-22-20-33(45)29-36(38)43(2,3)40(47)24-18-31-16-17-32(42(31)52-35-14-9-8-10-15-35)19-25-41-44(4,5)37-30-34(46)21-23-39(37)48(41)27-12-13-28-53(49,50)51/h8-10,14-15,18-25,29-30H,6-7,11-13,16-17,26-28H2,1-5H3. The highest BCUT2D eigenvalue weighted by Crippen LogP contribution is 2.50. The molecule has 53 heavy (non-hydrogen) atoms. The van der Waals surface area contributed by atoms with Crippen LogP contribution >= 0.6 is 43.6 Å². The first-order chi connectivity index (χ1) is 25.2. The lowest BCUT2D eigenvalue weighted by Crippen LogP contribution is -2.28. The van der Waals surface area contributed by atoms with Gasteiger partial charge in [0.2, 0.25) is 5.69 Å². The Morgan fingerprint density at radius 1 is 0.849 bits per heavy atom. The summed E-state index contributed by atoms with van der Waals surface area (Å²) in [6.07, 6.45) is 15.8. The van der Waals surface area contributed by atoms with Crippen molar-refractivity contribution in [2.45, 2.75) is 95.3 Å². The molecule has 0 spiro atoms. The molecule has 0 radical (unpaired) electrons. The van der Waals surface area contributed by atoms with Crippen molar-refractivity contribution >= 4 is 70.8 Å². The Balaban J connectivity index is 1.39. The first-order valence-corrected chi connectivity index (χ1v) is 22.7. The number of halogens is 2. The number of unbranched alkanes of at least 4 members (excludes halogenated alkanes) is 3. The first-order valence-electron chi connectivity index (χ1n) is 18.7. The molecule has 0 bridgehead atoms. The molecule has 0 unspecified atom stereocenters. The van der Waals surface area contributed by atoms with Gasteiger partial charge in [-0.15, -0.1) is 0 Å². The zero-order valence-electron chi connectivity index (χ0n) is 31.4. The van der Waals surface area contributed by atoms with E-state index in [1.54, 1.807) is 0 Å². The van der Waals surface area contributed by atoms with Crippen molar-refractivity contribution in [2.24, 2.45) is 0 Å². The van der Waals surface area contributed by atoms with Crippen LogP contribution in [0.15, 0.2) is 127 Å². The maximum Gasteiger partial charge on any atom is 0.209 e. The minimum absolute atomic E-state index is 0.129. The van der Waals surface area contributed by atoms with Gasteiger partial charge in [0.25, 0.3) is 0 Å². The number of allylic oxidation sites excluding steroid dienone is 7. The molecule has 0 saturated heterocycles. The smallest absolute Gasteiger partial charge is 0.209 e. The van der Waals surface area contributed by atoms with Gasteiger partial charge in [-0.25, -0.2) is 8.42 Å². The summed E-state index contributed by atoms with van der Waals surface area (Å²) in [5.41, 5.74) is 9.82. The third-order valence-corrected chi connectivity index (χ3v) is 13.8. The van der Waals surface area contributed by atoms with Gasteiger partial charge >= 0.3 is 0 Å². The van der Waals surface area contributed by atoms with E-state index in [4.69, 9.17) is 0 Å². The van der Waals surface area contributed by atoms with Gasteiger partial charge in [0, 0.05) is 72.0 Å². The Hall–Kier alpha value is -2.69. The second-order valence-corrected chi connectivity index (χ2v) is 19.7. The normalized spacial score (nSPS) is 19.4. The zero-order valence-corrected chi connectivity index (χ0v) is 36.2. The third-order valence-electron chi connectivity index (χ3n) is 10.8. The van der Waals surface area contributed by atoms with Gasteiger partial charge in [-0.3, -0.25) is 0 Å². The lowest BCUT2D eigenvalue weighted by atomic mass is 9.81. The molecule has 3 aromatic carbocycles. The SMILES string of the molecule is CCCCC[N+]1=C(/C=C/C2=C(Sc3ccccc3)C(=C/C=C3/N(CCCCS(=O)(=O)[O-])c4ccc(Br)cc4C3(C)C)/CC2)C(C)(C)c2cc(Br)ccc21. The maximum absolute atomic E-state index is 11.3. The summed E-state index contributed by atoms with van der Waals surface area (Å²) in [5, 5.41) is 0. The monoisotopic (exact) mass is 876 g/mol. The van der Waals surface area contributed by atoms with Crippen molar-refractivity contribution in [1.29, 1.82) is 0 Å². The topological polar surface area (TPSA) is 63.5 Å². The van der Waals surface area contributed by atoms with Gasteiger partial charge in [-0.1, -0.05) is 101 Å². The summed E-state index contributed by atoms with van der Waals surface area (Å²) in [6, 6.07) is 23.8. The predicted molar refractivity (Wildman–Crippen MR) is 229 cm³/mol. The molecule has 2 heterocycles. The van der Waals surface area contributed by atoms with E-state index >= 15 is 0 Å². The van der Waals surface area contributed by atoms with Crippen LogP contribution in [0.3, 0.4) is 0 Å². The molecule has 3 aromatic rings. The van der Waals surface area contributed by atoms with E-state index in [9.17, 15) is 13.0 Å². The van der Waals surface area contributed by atoms with Gasteiger partial charge in [0.1, 0.15) is 6.54 Å². The molecule has 0 saturated carbocycles. The number of anilines is 1. The minimum atomic E-state index is -4.24. The summed E-state index contributed by atoms with van der Waals surface area (Å²) in [5.74, 6) is -0.335. The van der Waals surface area contributed by atoms with Crippen molar-refractivity contribution in [1.82, 2.24) is 0 Å². The van der Waals surface area contributed by atoms with Gasteiger partial charge in [-0.2, -0.15) is 4.58 Å². The van der Waals surface area contributed by atoms with E-state index in [1.807, 2.05) is 11.8 Å². The largest absolute Gasteiger partial charge is 0.748 e. The van der Waals surface area contributed by atoms with Crippen molar-refractivity contribution < 1.29 is 17.5 Å². The lowest BCUT2D eigenvalue weighted by Gasteiger charge is -2.27. The number of fused-ring (bicyclic) bond motifs is 2. The average molecular weight is 879 g/mol. The van der Waals surface area contributed by atoms with E-state index in [0.29, 0.717) is 19.4 Å². The van der Waals surface area contributed by atoms with E-state index in [2.05, 4.69) is 167 Å². The quantitative estimate of drug-likeness (QED) is 0.0917. The fraction of sp³-hybridized carbons (Fsp3) is 0.386. The Kier molecular flexibility index (Phi) is 12.5. The molecule has 0 fully saturated rings. The first kappa shape index (κ1) is 40.0. The zero-order chi connectivity index (χ0) is 38.0. The van der Waals surface area contributed by atoms with E-state index in [0.717, 1.165) is 40.4 Å². The summed E-state index contributed by atoms with van der Waals surface area (Å²) in [6.45, 7) is 13.1. The number of hydrogen-bond acceptors (Lipinski definition) is 5. The number of benzene rings is 3. The van der Waals surface area contributed by atoms with Gasteiger partial charge in [0.15, 0.2) is 5.71 Å². The molecule has 1 aliphatic carbocycles. The molecule has 2 aliphatic heterocycles. The Morgan fingerprint density at radius 3 is 2.28 bits per heavy atom. The Morgan fingerprint density at radius 2 is 1.57 bits per heavy atom. The summed E-state index contributed by atoms with van der Waals surface area (Å²) in [7, 11) is -4.24. The van der Waals surface area contributed by atoms with Crippen LogP contribution in [0.2, 0.25) is 0 Å². The van der Waals surface area contributed by atoms with Gasteiger partial charge in [0.05, 0.1) is 15.5 Å². The highest BCUT2D eigenvalue weighted by Gasteiger charge is 2.44. The van der Waals surface area contributed by atoms with Gasteiger partial charge in [-0.05, 0) is 111 Å². The molecule has 0 atom stereocenters. The van der Waals surface area contributed by atoms with Crippen LogP contribution in [0.4, 0.5) is 11.4 Å². The number of hydrogen-bond donors (Lipinski definition) is 0. The van der Waals surface area contributed by atoms with Crippen LogP contribution in [0, 0.1) is 0 Å². The van der Waals surface area contributed by atoms with Crippen molar-refractivity contribution in [3.8, 4) is 0 Å². The second kappa shape index (κ2) is 16.6. The average Bonchev–Trinajstić information content (AvgIpc) is 3.65. The van der Waals surface area contributed by atoms with Crippen molar-refractivity contribution in [3.05, 3.63) is 133 Å². The van der Waals surface area contributed by atoms with E-state index in [1.165, 1.54) is 62.0 Å². The molecular weight excluding hydrogens is 828 g/mol. The summed E-state index contributed by atoms with van der Waals surface area (Å²) >= 11 is 9.27. The van der Waals surface area contributed by atoms with Crippen LogP contribution in [0.25, 0.3) is 0 Å². The molecule has 6 rings (SSSR count). The number of rotatable bonds is 14. The molecule has 5 nitrogen and oxygen atoms in total. The highest BCUT2D eigenvalue weighted by molar-refractivity contribution is 9.10. The maximum atomic E-state index is 11.3. The summed E-state index contributed by atoms with van der Waals surface area (Å²) < 4.78 is 38.7. The number of nitrogens with zero attached hydrogens (tertiary/aromatic N) is 2. The minimum Gasteiger partial charge on any atom is -0.748 e. The van der Waals surface area contributed by atoms with Crippen LogP contribution in [0.5, 0.6) is 0 Å². The fourth-order valence-corrected chi connectivity index (χ4v) is 10.4. The van der Waals surface area contributed by atoms with E-state index in [-0.39, 0.29) is 16.6 Å². The molecule has 0 amide bonds. The van der Waals surface area contributed by atoms with Crippen molar-refractivity contribution in [2.75, 3.05) is 23.7 Å². The molecule has 3 aliphatic rings. The fourth-order valence-electron chi connectivity index (χ4n) is 7.96. The molecule has 280 valence electrons. The molecule has 9 heteroatoms. The van der Waals surface area contributed by atoms with Gasteiger partial charge < -0.3 is 9.45 Å². The Bertz CT molecular complexity index is 2130. The highest BCUT2D eigenvalue weighted by atomic mass is 79.9.